The van der Waals surface area contributed by atoms with Gasteiger partial charge >= 0.3 is 11.9 Å². The molecular weight excluding hydrogens is 396 g/mol. The fourth-order valence-electron chi connectivity index (χ4n) is 3.95. The van der Waals surface area contributed by atoms with Crippen LogP contribution in [0.2, 0.25) is 0 Å². The summed E-state index contributed by atoms with van der Waals surface area (Å²) in [6.45, 7) is 2.26. The number of hydrogen-bond donors (Lipinski definition) is 0. The zero-order valence-corrected chi connectivity index (χ0v) is 19.8. The predicted octanol–water partition coefficient (Wildman–Crippen LogP) is 8.56. The van der Waals surface area contributed by atoms with Gasteiger partial charge in [0.2, 0.25) is 0 Å². The molecule has 0 saturated heterocycles. The Hall–Kier alpha value is -2.42. The highest BCUT2D eigenvalue weighted by Gasteiger charge is 2.15. The molecule has 0 N–H and O–H groups in total. The van der Waals surface area contributed by atoms with E-state index in [1.54, 1.807) is 6.07 Å². The number of carbonyl (C=O) groups excluding carboxylic acids is 2. The van der Waals surface area contributed by atoms with Gasteiger partial charge in [0, 0.05) is 6.42 Å². The maximum atomic E-state index is 12.4. The Labute approximate surface area is 194 Å². The van der Waals surface area contributed by atoms with Gasteiger partial charge in [0.05, 0.1) is 5.56 Å². The first-order chi connectivity index (χ1) is 15.7. The van der Waals surface area contributed by atoms with E-state index >= 15 is 0 Å². The topological polar surface area (TPSA) is 43.4 Å². The summed E-state index contributed by atoms with van der Waals surface area (Å²) in [6, 6.07) is 13.1. The number of unbranched alkanes of at least 4 members (excludes halogenated alkanes) is 11. The number of ether oxygens (including phenoxy) is 1. The van der Waals surface area contributed by atoms with Crippen molar-refractivity contribution in [3.05, 3.63) is 60.2 Å². The zero-order valence-electron chi connectivity index (χ0n) is 19.8. The monoisotopic (exact) mass is 436 g/mol. The number of hydrogen-bond acceptors (Lipinski definition) is 3. The molecule has 174 valence electrons. The number of fused-ring (bicyclic) bond motifs is 1. The molecule has 2 rings (SSSR count). The second-order valence-corrected chi connectivity index (χ2v) is 8.62. The van der Waals surface area contributed by atoms with Crippen molar-refractivity contribution in [3.8, 4) is 0 Å². The molecule has 0 fully saturated rings. The van der Waals surface area contributed by atoms with Gasteiger partial charge in [-0.25, -0.2) is 4.79 Å². The van der Waals surface area contributed by atoms with Crippen LogP contribution in [-0.4, -0.2) is 11.9 Å². The van der Waals surface area contributed by atoms with Crippen LogP contribution in [0.1, 0.15) is 107 Å². The van der Waals surface area contributed by atoms with Crippen LogP contribution >= 0.6 is 0 Å². The van der Waals surface area contributed by atoms with E-state index in [1.165, 1.54) is 57.8 Å². The molecule has 0 aliphatic rings. The largest absolute Gasteiger partial charge is 0.389 e. The molecule has 3 heteroatoms. The lowest BCUT2D eigenvalue weighted by Crippen LogP contribution is -2.12. The highest BCUT2D eigenvalue weighted by molar-refractivity contribution is 6.07. The van der Waals surface area contributed by atoms with Crippen molar-refractivity contribution in [1.29, 1.82) is 0 Å². The predicted molar refractivity (Wildman–Crippen MR) is 134 cm³/mol. The number of benzene rings is 2. The summed E-state index contributed by atoms with van der Waals surface area (Å²) < 4.78 is 5.08. The molecule has 0 bridgehead atoms. The molecule has 0 unspecified atom stereocenters. The summed E-state index contributed by atoms with van der Waals surface area (Å²) in [6.07, 6.45) is 20.7. The third kappa shape index (κ3) is 10.3. The van der Waals surface area contributed by atoms with Gasteiger partial charge in [0.25, 0.3) is 0 Å². The average Bonchev–Trinajstić information content (AvgIpc) is 2.81. The minimum atomic E-state index is -0.556. The van der Waals surface area contributed by atoms with Crippen LogP contribution in [0.4, 0.5) is 0 Å². The lowest BCUT2D eigenvalue weighted by atomic mass is 10.0. The number of carbonyl (C=O) groups is 2. The molecule has 0 heterocycles. The van der Waals surface area contributed by atoms with Crippen molar-refractivity contribution < 1.29 is 14.3 Å². The van der Waals surface area contributed by atoms with Gasteiger partial charge in [-0.2, -0.15) is 0 Å². The number of allylic oxidation sites excluding steroid dienone is 2. The SMILES string of the molecule is CCCCCCCC/C=C\CCCCCCCC(=O)OC(=O)c1cccc2ccccc12. The van der Waals surface area contributed by atoms with Crippen LogP contribution in [0.25, 0.3) is 10.8 Å². The van der Waals surface area contributed by atoms with Crippen molar-refractivity contribution in [3.63, 3.8) is 0 Å². The Bertz CT molecular complexity index is 832. The maximum absolute atomic E-state index is 12.4. The summed E-state index contributed by atoms with van der Waals surface area (Å²) in [5, 5.41) is 1.78. The first-order valence-electron chi connectivity index (χ1n) is 12.6. The third-order valence-corrected chi connectivity index (χ3v) is 5.86. The average molecular weight is 437 g/mol. The van der Waals surface area contributed by atoms with E-state index in [2.05, 4.69) is 19.1 Å². The number of rotatable bonds is 16. The molecule has 2 aromatic rings. The molecule has 0 atom stereocenters. The smallest absolute Gasteiger partial charge is 0.346 e. The van der Waals surface area contributed by atoms with Gasteiger partial charge in [-0.3, -0.25) is 4.79 Å². The second-order valence-electron chi connectivity index (χ2n) is 8.62. The highest BCUT2D eigenvalue weighted by Crippen LogP contribution is 2.19. The summed E-state index contributed by atoms with van der Waals surface area (Å²) in [4.78, 5) is 24.4. The lowest BCUT2D eigenvalue weighted by molar-refractivity contribution is -0.138. The zero-order chi connectivity index (χ0) is 22.9. The molecule has 32 heavy (non-hydrogen) atoms. The van der Waals surface area contributed by atoms with E-state index in [0.717, 1.165) is 36.5 Å². The van der Waals surface area contributed by atoms with Crippen LogP contribution in [-0.2, 0) is 9.53 Å². The van der Waals surface area contributed by atoms with Gasteiger partial charge in [0.15, 0.2) is 0 Å². The Morgan fingerprint density at radius 1 is 0.719 bits per heavy atom. The molecular formula is C29H40O3. The molecule has 0 aliphatic carbocycles. The van der Waals surface area contributed by atoms with Crippen LogP contribution < -0.4 is 0 Å². The fourth-order valence-corrected chi connectivity index (χ4v) is 3.95. The molecule has 0 radical (unpaired) electrons. The molecule has 0 amide bonds. The van der Waals surface area contributed by atoms with Crippen LogP contribution in [0.15, 0.2) is 54.6 Å². The summed E-state index contributed by atoms with van der Waals surface area (Å²) in [7, 11) is 0. The highest BCUT2D eigenvalue weighted by atomic mass is 16.6. The van der Waals surface area contributed by atoms with Crippen LogP contribution in [0.3, 0.4) is 0 Å². The minimum absolute atomic E-state index is 0.300. The third-order valence-electron chi connectivity index (χ3n) is 5.86. The van der Waals surface area contributed by atoms with Crippen LogP contribution in [0.5, 0.6) is 0 Å². The molecule has 0 aromatic heterocycles. The molecule has 0 spiro atoms. The molecule has 0 aliphatic heterocycles. The van der Waals surface area contributed by atoms with E-state index in [9.17, 15) is 9.59 Å². The van der Waals surface area contributed by atoms with Gasteiger partial charge in [-0.15, -0.1) is 0 Å². The first-order valence-corrected chi connectivity index (χ1v) is 12.6. The normalized spacial score (nSPS) is 11.3. The van der Waals surface area contributed by atoms with Crippen molar-refractivity contribution >= 4 is 22.7 Å². The molecule has 0 saturated carbocycles. The summed E-state index contributed by atoms with van der Waals surface area (Å²) >= 11 is 0. The molecule has 3 nitrogen and oxygen atoms in total. The standard InChI is InChI=1S/C29H40O3/c1-2-3-4-5-6-7-8-9-10-11-12-13-14-15-16-24-28(30)32-29(31)27-23-19-21-25-20-17-18-22-26(25)27/h9-10,17-23H,2-8,11-16,24H2,1H3/b10-9-. The van der Waals surface area contributed by atoms with Gasteiger partial charge in [0.1, 0.15) is 0 Å². The van der Waals surface area contributed by atoms with E-state index in [0.29, 0.717) is 12.0 Å². The van der Waals surface area contributed by atoms with E-state index in [1.807, 2.05) is 36.4 Å². The van der Waals surface area contributed by atoms with Crippen LogP contribution in [0, 0.1) is 0 Å². The van der Waals surface area contributed by atoms with E-state index in [-0.39, 0.29) is 0 Å². The van der Waals surface area contributed by atoms with Gasteiger partial charge in [-0.1, -0.05) is 107 Å². The minimum Gasteiger partial charge on any atom is -0.389 e. The maximum Gasteiger partial charge on any atom is 0.346 e. The van der Waals surface area contributed by atoms with Crippen molar-refractivity contribution in [2.45, 2.75) is 96.8 Å². The lowest BCUT2D eigenvalue weighted by Gasteiger charge is -2.06. The van der Waals surface area contributed by atoms with Gasteiger partial charge in [-0.05, 0) is 48.9 Å². The Balaban J connectivity index is 1.48. The van der Waals surface area contributed by atoms with E-state index < -0.39 is 11.9 Å². The van der Waals surface area contributed by atoms with Crippen molar-refractivity contribution in [2.75, 3.05) is 0 Å². The molecule has 2 aromatic carbocycles. The summed E-state index contributed by atoms with van der Waals surface area (Å²) in [5.74, 6) is -0.986. The second kappa shape index (κ2) is 16.2. The quantitative estimate of drug-likeness (QED) is 0.115. The Kier molecular flexibility index (Phi) is 13.1. The van der Waals surface area contributed by atoms with Crippen molar-refractivity contribution in [1.82, 2.24) is 0 Å². The number of esters is 2. The van der Waals surface area contributed by atoms with Crippen molar-refractivity contribution in [2.24, 2.45) is 0 Å². The first kappa shape index (κ1) is 25.8. The Morgan fingerprint density at radius 2 is 1.31 bits per heavy atom. The van der Waals surface area contributed by atoms with E-state index in [4.69, 9.17) is 4.74 Å². The van der Waals surface area contributed by atoms with Gasteiger partial charge < -0.3 is 4.74 Å². The fraction of sp³-hybridized carbons (Fsp3) is 0.517. The summed E-state index contributed by atoms with van der Waals surface area (Å²) in [5.41, 5.74) is 0.445. The Morgan fingerprint density at radius 3 is 2.03 bits per heavy atom.